The Morgan fingerprint density at radius 2 is 1.12 bits per heavy atom. The van der Waals surface area contributed by atoms with Crippen molar-refractivity contribution in [1.82, 2.24) is 0 Å². The van der Waals surface area contributed by atoms with Crippen molar-refractivity contribution in [2.45, 2.75) is 0 Å². The van der Waals surface area contributed by atoms with Crippen LogP contribution in [0.3, 0.4) is 0 Å². The molecule has 0 aliphatic heterocycles. The van der Waals surface area contributed by atoms with E-state index in [-0.39, 0.29) is 46.8 Å². The summed E-state index contributed by atoms with van der Waals surface area (Å²) in [4.78, 5) is 0. The van der Waals surface area contributed by atoms with E-state index >= 15 is 0 Å². The average Bonchev–Trinajstić information content (AvgIpc) is 0.722. The van der Waals surface area contributed by atoms with Crippen molar-refractivity contribution in [3.8, 4) is 0 Å². The van der Waals surface area contributed by atoms with E-state index in [1.807, 2.05) is 0 Å². The van der Waals surface area contributed by atoms with Crippen molar-refractivity contribution in [3.05, 3.63) is 0 Å². The summed E-state index contributed by atoms with van der Waals surface area (Å²) in [5.41, 5.74) is 0. The van der Waals surface area contributed by atoms with Gasteiger partial charge in [-0.25, -0.2) is 0 Å². The van der Waals surface area contributed by atoms with Gasteiger partial charge >= 0.3 is 17.4 Å². The molecule has 0 amide bonds. The van der Waals surface area contributed by atoms with Crippen LogP contribution >= 0.6 is 0 Å². The summed E-state index contributed by atoms with van der Waals surface area (Å²) in [6.45, 7) is 0. The average molecular weight is 214 g/mol. The van der Waals surface area contributed by atoms with E-state index in [0.717, 1.165) is 0 Å². The van der Waals surface area contributed by atoms with E-state index in [1.165, 1.54) is 0 Å². The summed E-state index contributed by atoms with van der Waals surface area (Å²) in [6, 6.07) is 0. The Kier molecular flexibility index (Phi) is 23.5. The molecule has 0 atom stereocenters. The molecule has 0 aliphatic carbocycles. The molecule has 0 saturated carbocycles. The Bertz CT molecular complexity index is 99.2. The molecule has 0 saturated heterocycles. The van der Waals surface area contributed by atoms with Gasteiger partial charge in [-0.2, -0.15) is 0 Å². The maximum atomic E-state index is 8.52. The van der Waals surface area contributed by atoms with Gasteiger partial charge in [-0.05, 0) is 0 Å². The van der Waals surface area contributed by atoms with Gasteiger partial charge in [-0.15, -0.1) is 0 Å². The quantitative estimate of drug-likeness (QED) is 0.230. The van der Waals surface area contributed by atoms with Crippen LogP contribution in [0.1, 0.15) is 0 Å². The smallest absolute Gasteiger partial charge is 1.00 e. The SMILES string of the molecule is O=S(=O)([O-])[O-].[Al+3].[Cl-].[Fe]. The summed E-state index contributed by atoms with van der Waals surface area (Å²) in [7, 11) is -5.17. The predicted octanol–water partition coefficient (Wildman–Crippen LogP) is -4.72. The summed E-state index contributed by atoms with van der Waals surface area (Å²) in [5, 5.41) is 0. The van der Waals surface area contributed by atoms with E-state index in [2.05, 4.69) is 0 Å². The van der Waals surface area contributed by atoms with Gasteiger partial charge in [0.2, 0.25) is 0 Å². The molecule has 0 bridgehead atoms. The van der Waals surface area contributed by atoms with Crippen LogP contribution in [0.25, 0.3) is 0 Å². The molecule has 0 fully saturated rings. The first-order chi connectivity index (χ1) is 2.00. The number of hydrogen-bond acceptors (Lipinski definition) is 4. The molecule has 0 radical (unpaired) electrons. The second kappa shape index (κ2) is 8.21. The summed E-state index contributed by atoms with van der Waals surface area (Å²) in [6.07, 6.45) is 0. The van der Waals surface area contributed by atoms with Gasteiger partial charge in [0.05, 0.1) is 0 Å². The van der Waals surface area contributed by atoms with Crippen molar-refractivity contribution < 1.29 is 47.0 Å². The second-order valence-electron chi connectivity index (χ2n) is 0.408. The summed E-state index contributed by atoms with van der Waals surface area (Å²) >= 11 is 0. The van der Waals surface area contributed by atoms with Crippen molar-refractivity contribution >= 4 is 27.8 Å². The van der Waals surface area contributed by atoms with E-state index in [0.29, 0.717) is 0 Å². The fourth-order valence-corrected chi connectivity index (χ4v) is 0. The molecule has 4 nitrogen and oxygen atoms in total. The third-order valence-electron chi connectivity index (χ3n) is 0. The third kappa shape index (κ3) is 189. The van der Waals surface area contributed by atoms with Gasteiger partial charge in [0, 0.05) is 27.5 Å². The maximum absolute atomic E-state index is 8.52. The van der Waals surface area contributed by atoms with E-state index in [4.69, 9.17) is 17.5 Å². The Morgan fingerprint density at radius 1 is 1.12 bits per heavy atom. The summed E-state index contributed by atoms with van der Waals surface area (Å²) in [5.74, 6) is 0. The number of halogens is 1. The summed E-state index contributed by atoms with van der Waals surface area (Å²) < 4.78 is 34.1. The molecule has 0 rings (SSSR count). The first-order valence-electron chi connectivity index (χ1n) is 0.667. The monoisotopic (exact) mass is 214 g/mol. The Hall–Kier alpha value is 1.21. The molecular formula is AlClFeO4S. The van der Waals surface area contributed by atoms with Crippen molar-refractivity contribution in [1.29, 1.82) is 0 Å². The molecule has 48 valence electrons. The minimum Gasteiger partial charge on any atom is -1.00 e. The second-order valence-corrected chi connectivity index (χ2v) is 1.22. The molecule has 0 aromatic carbocycles. The first kappa shape index (κ1) is 22.9. The van der Waals surface area contributed by atoms with Crippen LogP contribution < -0.4 is 12.4 Å². The molecular weight excluding hydrogens is 214 g/mol. The molecule has 0 spiro atoms. The van der Waals surface area contributed by atoms with Gasteiger partial charge in [0.25, 0.3) is 0 Å². The van der Waals surface area contributed by atoms with E-state index < -0.39 is 10.4 Å². The van der Waals surface area contributed by atoms with Crippen LogP contribution in [0.2, 0.25) is 0 Å². The van der Waals surface area contributed by atoms with Crippen molar-refractivity contribution in [2.75, 3.05) is 0 Å². The minimum atomic E-state index is -5.17. The Morgan fingerprint density at radius 3 is 1.12 bits per heavy atom. The topological polar surface area (TPSA) is 80.3 Å². The predicted molar refractivity (Wildman–Crippen MR) is 16.2 cm³/mol. The van der Waals surface area contributed by atoms with Gasteiger partial charge in [-0.1, -0.05) is 0 Å². The fourth-order valence-electron chi connectivity index (χ4n) is 0. The normalized spacial score (nSPS) is 7.25. The Balaban J connectivity index is -0.0000000267. The van der Waals surface area contributed by atoms with Crippen LogP contribution in [0.15, 0.2) is 0 Å². The molecule has 8 heteroatoms. The zero-order valence-corrected chi connectivity index (χ0v) is 7.18. The van der Waals surface area contributed by atoms with Gasteiger partial charge in [-0.3, -0.25) is 8.42 Å². The molecule has 0 unspecified atom stereocenters. The fraction of sp³-hybridized carbons (Fsp3) is 0. The van der Waals surface area contributed by atoms with Crippen LogP contribution in [0.4, 0.5) is 0 Å². The van der Waals surface area contributed by atoms with Crippen LogP contribution in [-0.4, -0.2) is 34.9 Å². The molecule has 0 aliphatic rings. The van der Waals surface area contributed by atoms with Crippen molar-refractivity contribution in [3.63, 3.8) is 0 Å². The van der Waals surface area contributed by atoms with E-state index in [1.54, 1.807) is 0 Å². The molecule has 0 N–H and O–H groups in total. The van der Waals surface area contributed by atoms with Crippen LogP contribution in [0, 0.1) is 0 Å². The third-order valence-corrected chi connectivity index (χ3v) is 0. The minimum absolute atomic E-state index is 0. The van der Waals surface area contributed by atoms with Gasteiger partial charge < -0.3 is 21.5 Å². The van der Waals surface area contributed by atoms with Crippen LogP contribution in [-0.2, 0) is 27.5 Å². The molecule has 8 heavy (non-hydrogen) atoms. The number of hydrogen-bond donors (Lipinski definition) is 0. The molecule has 0 aromatic heterocycles. The van der Waals surface area contributed by atoms with Crippen molar-refractivity contribution in [2.24, 2.45) is 0 Å². The zero-order valence-electron chi connectivity index (χ0n) is 3.35. The standard InChI is InChI=1S/Al.ClH.Fe.H2O4S/c;;;1-5(2,3)4/h;1H;;(H2,1,2,3,4)/q+3;;;/p-3. The maximum Gasteiger partial charge on any atom is 3.00 e. The van der Waals surface area contributed by atoms with Gasteiger partial charge in [0.1, 0.15) is 0 Å². The first-order valence-corrected chi connectivity index (χ1v) is 2.00. The largest absolute Gasteiger partial charge is 3.00 e. The van der Waals surface area contributed by atoms with Gasteiger partial charge in [0.15, 0.2) is 0 Å². The Labute approximate surface area is 74.6 Å². The van der Waals surface area contributed by atoms with E-state index in [9.17, 15) is 0 Å². The van der Waals surface area contributed by atoms with Crippen LogP contribution in [0.5, 0.6) is 0 Å². The molecule has 0 aromatic rings. The number of rotatable bonds is 0. The zero-order chi connectivity index (χ0) is 4.50. The molecule has 0 heterocycles.